The summed E-state index contributed by atoms with van der Waals surface area (Å²) < 4.78 is 5.39. The Labute approximate surface area is 157 Å². The van der Waals surface area contributed by atoms with Crippen molar-refractivity contribution in [3.8, 4) is 11.5 Å². The summed E-state index contributed by atoms with van der Waals surface area (Å²) in [5, 5.41) is 28.7. The number of carbonyl (C=O) groups is 1. The second-order valence-corrected chi connectivity index (χ2v) is 7.05. The summed E-state index contributed by atoms with van der Waals surface area (Å²) in [6.07, 6.45) is 9.15. The molecule has 1 aromatic rings. The van der Waals surface area contributed by atoms with Crippen LogP contribution in [0, 0.1) is 0 Å². The largest absolute Gasteiger partial charge is 0.508 e. The van der Waals surface area contributed by atoms with Crippen LogP contribution in [0.5, 0.6) is 11.5 Å². The highest BCUT2D eigenvalue weighted by molar-refractivity contribution is 5.66. The molecule has 0 aromatic heterocycles. The number of phenols is 2. The lowest BCUT2D eigenvalue weighted by atomic mass is 10.0. The number of benzene rings is 1. The molecule has 1 aromatic carbocycles. The van der Waals surface area contributed by atoms with Gasteiger partial charge in [-0.1, -0.05) is 39.0 Å². The summed E-state index contributed by atoms with van der Waals surface area (Å²) >= 11 is 0. The topological polar surface area (TPSA) is 87.0 Å². The molecular formula is C21H34O5. The Morgan fingerprint density at radius 1 is 0.962 bits per heavy atom. The standard InChI is InChI=1S/C21H34O5/c1-3-18(23)10-8-6-4-5-7-9-11-21(26-16(2)22)14-17-12-19(24)15-20(25)13-17/h12-13,15,18,21,23-25H,3-11,14H2,1-2H3/t18-,21+/m0/s1. The van der Waals surface area contributed by atoms with Crippen molar-refractivity contribution in [1.82, 2.24) is 0 Å². The van der Waals surface area contributed by atoms with E-state index < -0.39 is 0 Å². The maximum Gasteiger partial charge on any atom is 0.302 e. The van der Waals surface area contributed by atoms with Gasteiger partial charge in [0.05, 0.1) is 6.10 Å². The minimum atomic E-state index is -0.311. The Morgan fingerprint density at radius 3 is 2.04 bits per heavy atom. The lowest BCUT2D eigenvalue weighted by Gasteiger charge is -2.17. The van der Waals surface area contributed by atoms with E-state index in [1.54, 1.807) is 12.1 Å². The second-order valence-electron chi connectivity index (χ2n) is 7.05. The summed E-state index contributed by atoms with van der Waals surface area (Å²) in [5.74, 6) is -0.293. The van der Waals surface area contributed by atoms with Crippen molar-refractivity contribution in [3.05, 3.63) is 23.8 Å². The van der Waals surface area contributed by atoms with Crippen LogP contribution in [0.15, 0.2) is 18.2 Å². The molecule has 0 radical (unpaired) electrons. The molecule has 26 heavy (non-hydrogen) atoms. The Kier molecular flexibility index (Phi) is 10.8. The molecule has 0 aliphatic heterocycles. The minimum Gasteiger partial charge on any atom is -0.508 e. The van der Waals surface area contributed by atoms with Gasteiger partial charge in [0.2, 0.25) is 0 Å². The van der Waals surface area contributed by atoms with Crippen LogP contribution in [0.2, 0.25) is 0 Å². The quantitative estimate of drug-likeness (QED) is 0.354. The fraction of sp³-hybridized carbons (Fsp3) is 0.667. The number of hydrogen-bond donors (Lipinski definition) is 3. The van der Waals surface area contributed by atoms with E-state index in [1.165, 1.54) is 13.0 Å². The molecule has 5 heteroatoms. The van der Waals surface area contributed by atoms with Crippen molar-refractivity contribution in [2.75, 3.05) is 0 Å². The first kappa shape index (κ1) is 22.3. The van der Waals surface area contributed by atoms with Gasteiger partial charge in [0.15, 0.2) is 0 Å². The molecule has 0 saturated carbocycles. The zero-order valence-electron chi connectivity index (χ0n) is 16.1. The normalized spacial score (nSPS) is 13.3. The van der Waals surface area contributed by atoms with Gasteiger partial charge in [0.1, 0.15) is 17.6 Å². The van der Waals surface area contributed by atoms with E-state index in [4.69, 9.17) is 4.74 Å². The Morgan fingerprint density at radius 2 is 1.50 bits per heavy atom. The predicted octanol–water partition coefficient (Wildman–Crippen LogP) is 4.46. The number of ether oxygens (including phenoxy) is 1. The predicted molar refractivity (Wildman–Crippen MR) is 102 cm³/mol. The highest BCUT2D eigenvalue weighted by Gasteiger charge is 2.14. The van der Waals surface area contributed by atoms with Crippen LogP contribution in [0.3, 0.4) is 0 Å². The number of esters is 1. The molecule has 5 nitrogen and oxygen atoms in total. The number of aliphatic hydroxyl groups is 1. The van der Waals surface area contributed by atoms with E-state index >= 15 is 0 Å². The third-order valence-corrected chi connectivity index (χ3v) is 4.54. The molecule has 3 N–H and O–H groups in total. The maximum absolute atomic E-state index is 11.3. The fourth-order valence-electron chi connectivity index (χ4n) is 3.14. The zero-order valence-corrected chi connectivity index (χ0v) is 16.1. The van der Waals surface area contributed by atoms with Crippen LogP contribution < -0.4 is 0 Å². The summed E-state index contributed by atoms with van der Waals surface area (Å²) in [4.78, 5) is 11.3. The highest BCUT2D eigenvalue weighted by Crippen LogP contribution is 2.23. The van der Waals surface area contributed by atoms with Crippen LogP contribution >= 0.6 is 0 Å². The number of rotatable bonds is 13. The maximum atomic E-state index is 11.3. The molecule has 0 spiro atoms. The van der Waals surface area contributed by atoms with Crippen molar-refractivity contribution in [1.29, 1.82) is 0 Å². The van der Waals surface area contributed by atoms with Gasteiger partial charge in [-0.3, -0.25) is 4.79 Å². The van der Waals surface area contributed by atoms with Crippen molar-refractivity contribution in [2.45, 2.75) is 90.3 Å². The van der Waals surface area contributed by atoms with Crippen LogP contribution in [0.25, 0.3) is 0 Å². The Balaban J connectivity index is 2.29. The highest BCUT2D eigenvalue weighted by atomic mass is 16.5. The van der Waals surface area contributed by atoms with E-state index in [1.807, 2.05) is 6.92 Å². The van der Waals surface area contributed by atoms with Gasteiger partial charge in [-0.25, -0.2) is 0 Å². The molecular weight excluding hydrogens is 332 g/mol. The van der Waals surface area contributed by atoms with E-state index in [-0.39, 0.29) is 29.7 Å². The van der Waals surface area contributed by atoms with Crippen LogP contribution in [-0.2, 0) is 16.0 Å². The van der Waals surface area contributed by atoms with Gasteiger partial charge in [0.25, 0.3) is 0 Å². The van der Waals surface area contributed by atoms with Gasteiger partial charge in [-0.15, -0.1) is 0 Å². The van der Waals surface area contributed by atoms with Crippen molar-refractivity contribution >= 4 is 5.97 Å². The smallest absolute Gasteiger partial charge is 0.302 e. The van der Waals surface area contributed by atoms with Gasteiger partial charge in [0, 0.05) is 19.4 Å². The lowest BCUT2D eigenvalue weighted by molar-refractivity contribution is -0.146. The minimum absolute atomic E-state index is 0.00904. The first-order valence-electron chi connectivity index (χ1n) is 9.78. The third kappa shape index (κ3) is 10.3. The van der Waals surface area contributed by atoms with Gasteiger partial charge in [-0.05, 0) is 43.4 Å². The average molecular weight is 366 g/mol. The van der Waals surface area contributed by atoms with Crippen LogP contribution in [0.1, 0.15) is 77.2 Å². The third-order valence-electron chi connectivity index (χ3n) is 4.54. The van der Waals surface area contributed by atoms with Gasteiger partial charge < -0.3 is 20.1 Å². The first-order valence-corrected chi connectivity index (χ1v) is 9.78. The summed E-state index contributed by atoms with van der Waals surface area (Å²) in [6, 6.07) is 4.45. The molecule has 0 fully saturated rings. The molecule has 1 rings (SSSR count). The number of hydrogen-bond acceptors (Lipinski definition) is 5. The molecule has 2 atom stereocenters. The van der Waals surface area contributed by atoms with Crippen LogP contribution in [-0.4, -0.2) is 33.5 Å². The number of aliphatic hydroxyl groups excluding tert-OH is 1. The Hall–Kier alpha value is -1.75. The molecule has 0 bridgehead atoms. The lowest BCUT2D eigenvalue weighted by Crippen LogP contribution is -2.19. The summed E-state index contributed by atoms with van der Waals surface area (Å²) in [6.45, 7) is 3.40. The molecule has 0 heterocycles. The van der Waals surface area contributed by atoms with E-state index in [2.05, 4.69) is 0 Å². The number of carbonyl (C=O) groups excluding carboxylic acids is 1. The Bertz CT molecular complexity index is 509. The second kappa shape index (κ2) is 12.6. The van der Waals surface area contributed by atoms with Gasteiger partial charge in [-0.2, -0.15) is 0 Å². The van der Waals surface area contributed by atoms with Crippen molar-refractivity contribution in [3.63, 3.8) is 0 Å². The number of unbranched alkanes of at least 4 members (excludes halogenated alkanes) is 5. The van der Waals surface area contributed by atoms with Gasteiger partial charge >= 0.3 is 5.97 Å². The van der Waals surface area contributed by atoms with E-state index in [9.17, 15) is 20.1 Å². The molecule has 0 saturated heterocycles. The van der Waals surface area contributed by atoms with Crippen molar-refractivity contribution < 1.29 is 24.9 Å². The molecule has 0 unspecified atom stereocenters. The molecule has 0 amide bonds. The average Bonchev–Trinajstić information content (AvgIpc) is 2.55. The molecule has 0 aliphatic carbocycles. The number of phenolic OH excluding ortho intramolecular Hbond substituents is 2. The van der Waals surface area contributed by atoms with E-state index in [0.717, 1.165) is 63.4 Å². The summed E-state index contributed by atoms with van der Waals surface area (Å²) in [7, 11) is 0. The molecule has 0 aliphatic rings. The van der Waals surface area contributed by atoms with E-state index in [0.29, 0.717) is 6.42 Å². The molecule has 148 valence electrons. The fourth-order valence-corrected chi connectivity index (χ4v) is 3.14. The zero-order chi connectivity index (χ0) is 19.4. The number of aromatic hydroxyl groups is 2. The first-order chi connectivity index (χ1) is 12.4. The van der Waals surface area contributed by atoms with Crippen molar-refractivity contribution in [2.24, 2.45) is 0 Å². The monoisotopic (exact) mass is 366 g/mol. The van der Waals surface area contributed by atoms with Crippen LogP contribution in [0.4, 0.5) is 0 Å². The SMILES string of the molecule is CC[C@H](O)CCCCCCCC[C@H](Cc1cc(O)cc(O)c1)OC(C)=O. The summed E-state index contributed by atoms with van der Waals surface area (Å²) in [5.41, 5.74) is 0.753.